The Morgan fingerprint density at radius 2 is 1.93 bits per heavy atom. The molecule has 1 aliphatic heterocycles. The monoisotopic (exact) mass is 482 g/mol. The molecule has 8 fully saturated rings. The molecule has 7 aliphatic carbocycles. The molecule has 8 aliphatic rings. The Kier molecular flexibility index (Phi) is 2.40. The zero-order valence-electron chi connectivity index (χ0n) is 15.1. The number of carbonyl (C=O) groups is 2. The van der Waals surface area contributed by atoms with Gasteiger partial charge in [0.15, 0.2) is 5.79 Å². The minimum Gasteiger partial charge on any atom is -0.462 e. The third kappa shape index (κ3) is 1.41. The van der Waals surface area contributed by atoms with Crippen molar-refractivity contribution in [2.45, 2.75) is 53.8 Å². The van der Waals surface area contributed by atoms with Gasteiger partial charge in [-0.3, -0.25) is 9.59 Å². The van der Waals surface area contributed by atoms with Gasteiger partial charge in [0.2, 0.25) is 0 Å². The number of alkyl halides is 1. The molecule has 7 saturated carbocycles. The number of ketones is 1. The summed E-state index contributed by atoms with van der Waals surface area (Å²) in [5.74, 6) is 2.82. The molecule has 2 spiro atoms. The molecule has 2 bridgehead atoms. The summed E-state index contributed by atoms with van der Waals surface area (Å²) in [6.07, 6.45) is 6.27. The minimum atomic E-state index is -0.369. The fraction of sp³-hybridized carbons (Fsp3) is 0.905. The van der Waals surface area contributed by atoms with Gasteiger partial charge >= 0.3 is 5.97 Å². The topological polar surface area (TPSA) is 61.8 Å². The van der Waals surface area contributed by atoms with E-state index in [-0.39, 0.29) is 40.5 Å². The first kappa shape index (κ1) is 15.6. The molecular formula is C21H23IO5. The number of carbonyl (C=O) groups excluding carboxylic acids is 2. The van der Waals surface area contributed by atoms with E-state index in [0.29, 0.717) is 40.2 Å². The van der Waals surface area contributed by atoms with Crippen LogP contribution in [0, 0.1) is 46.3 Å². The van der Waals surface area contributed by atoms with Crippen LogP contribution in [0.3, 0.4) is 0 Å². The first-order valence-corrected chi connectivity index (χ1v) is 11.7. The average molecular weight is 482 g/mol. The molecule has 0 aromatic rings. The molecule has 0 amide bonds. The average Bonchev–Trinajstić information content (AvgIpc) is 2.90. The van der Waals surface area contributed by atoms with Crippen molar-refractivity contribution in [1.82, 2.24) is 0 Å². The van der Waals surface area contributed by atoms with Crippen LogP contribution >= 0.6 is 22.6 Å². The zero-order chi connectivity index (χ0) is 18.0. The van der Waals surface area contributed by atoms with Crippen LogP contribution in [-0.2, 0) is 23.8 Å². The second-order valence-corrected chi connectivity index (χ2v) is 13.3. The van der Waals surface area contributed by atoms with E-state index in [1.807, 2.05) is 0 Å². The highest BCUT2D eigenvalue weighted by Crippen LogP contribution is 2.90. The molecule has 0 N–H and O–H groups in total. The molecule has 8 atom stereocenters. The molecule has 5 nitrogen and oxygen atoms in total. The van der Waals surface area contributed by atoms with E-state index < -0.39 is 0 Å². The number of rotatable bonds is 3. The molecule has 0 aromatic heterocycles. The van der Waals surface area contributed by atoms with Gasteiger partial charge in [0.05, 0.1) is 12.0 Å². The molecule has 144 valence electrons. The van der Waals surface area contributed by atoms with Crippen LogP contribution in [0.1, 0.15) is 38.5 Å². The largest absolute Gasteiger partial charge is 0.462 e. The van der Waals surface area contributed by atoms with E-state index in [0.717, 1.165) is 25.2 Å². The lowest BCUT2D eigenvalue weighted by molar-refractivity contribution is -0.323. The number of hydrogen-bond acceptors (Lipinski definition) is 5. The van der Waals surface area contributed by atoms with Gasteiger partial charge in [-0.15, -0.1) is 0 Å². The molecule has 0 radical (unpaired) electrons. The molecule has 1 heterocycles. The zero-order valence-corrected chi connectivity index (χ0v) is 17.3. The lowest BCUT2D eigenvalue weighted by Gasteiger charge is -2.57. The van der Waals surface area contributed by atoms with Crippen LogP contribution in [0.15, 0.2) is 0 Å². The van der Waals surface area contributed by atoms with E-state index in [9.17, 15) is 9.59 Å². The van der Waals surface area contributed by atoms with E-state index in [4.69, 9.17) is 14.2 Å². The molecule has 0 aromatic carbocycles. The van der Waals surface area contributed by atoms with Gasteiger partial charge < -0.3 is 14.2 Å². The highest BCUT2D eigenvalue weighted by Gasteiger charge is 2.91. The molecule has 8 rings (SSSR count). The highest BCUT2D eigenvalue weighted by atomic mass is 127. The number of fused-ring (bicyclic) bond motifs is 3. The molecular weight excluding hydrogens is 459 g/mol. The maximum Gasteiger partial charge on any atom is 0.312 e. The number of esters is 1. The van der Waals surface area contributed by atoms with E-state index >= 15 is 0 Å². The van der Waals surface area contributed by atoms with Crippen molar-refractivity contribution in [2.75, 3.05) is 13.2 Å². The number of Topliss-reactive ketones (excluding diaryl/α,β-unsaturated/α-hetero) is 1. The van der Waals surface area contributed by atoms with Crippen LogP contribution < -0.4 is 0 Å². The normalized spacial score (nSPS) is 67.4. The van der Waals surface area contributed by atoms with Crippen molar-refractivity contribution in [2.24, 2.45) is 46.3 Å². The quantitative estimate of drug-likeness (QED) is 0.352. The van der Waals surface area contributed by atoms with Crippen LogP contribution in [0.25, 0.3) is 0 Å². The summed E-state index contributed by atoms with van der Waals surface area (Å²) >= 11 is 2.65. The number of halogens is 1. The SMILES string of the molecule is O=C1C2CC3(C(=O)OCC4COC5(O4)C4CC6(I)CC4C5C6)CC34CC1C24. The second-order valence-electron chi connectivity index (χ2n) is 11.0. The van der Waals surface area contributed by atoms with Crippen molar-refractivity contribution >= 4 is 34.3 Å². The van der Waals surface area contributed by atoms with E-state index in [1.165, 1.54) is 19.3 Å². The lowest BCUT2D eigenvalue weighted by Crippen LogP contribution is -2.63. The molecule has 27 heavy (non-hydrogen) atoms. The van der Waals surface area contributed by atoms with Gasteiger partial charge in [0, 0.05) is 27.1 Å². The number of hydrogen-bond donors (Lipinski definition) is 0. The summed E-state index contributed by atoms with van der Waals surface area (Å²) in [7, 11) is 0. The standard InChI is InChI=1S/C21H23IO5/c22-18-1-10-13(4-18)21(14(10)5-18)26-7-9(27-21)6-25-17(24)20-3-12-15-11(16(12)23)2-19(15,20)8-20/h9-15H,1-8H2. The van der Waals surface area contributed by atoms with Gasteiger partial charge in [0.25, 0.3) is 0 Å². The summed E-state index contributed by atoms with van der Waals surface area (Å²) in [5, 5.41) is 0. The Bertz CT molecular complexity index is 826. The predicted molar refractivity (Wildman–Crippen MR) is 99.8 cm³/mol. The van der Waals surface area contributed by atoms with Crippen molar-refractivity contribution in [1.29, 1.82) is 0 Å². The van der Waals surface area contributed by atoms with Gasteiger partial charge in [-0.05, 0) is 55.8 Å². The summed E-state index contributed by atoms with van der Waals surface area (Å²) in [6, 6.07) is 0. The van der Waals surface area contributed by atoms with Crippen molar-refractivity contribution in [3.8, 4) is 0 Å². The Hall–Kier alpha value is -0.210. The van der Waals surface area contributed by atoms with Gasteiger partial charge in [-0.1, -0.05) is 22.6 Å². The third-order valence-electron chi connectivity index (χ3n) is 10.3. The smallest absolute Gasteiger partial charge is 0.312 e. The summed E-state index contributed by atoms with van der Waals surface area (Å²) in [5.41, 5.74) is -0.188. The Morgan fingerprint density at radius 3 is 2.63 bits per heavy atom. The maximum atomic E-state index is 12.9. The van der Waals surface area contributed by atoms with Crippen LogP contribution in [-0.4, -0.2) is 40.3 Å². The summed E-state index contributed by atoms with van der Waals surface area (Å²) in [6.45, 7) is 0.857. The van der Waals surface area contributed by atoms with Crippen LogP contribution in [0.2, 0.25) is 0 Å². The van der Waals surface area contributed by atoms with E-state index in [2.05, 4.69) is 22.6 Å². The van der Waals surface area contributed by atoms with Crippen LogP contribution in [0.5, 0.6) is 0 Å². The predicted octanol–water partition coefficient (Wildman–Crippen LogP) is 2.49. The van der Waals surface area contributed by atoms with Crippen LogP contribution in [0.4, 0.5) is 0 Å². The summed E-state index contributed by atoms with van der Waals surface area (Å²) in [4.78, 5) is 25.0. The van der Waals surface area contributed by atoms with Crippen molar-refractivity contribution in [3.05, 3.63) is 0 Å². The lowest BCUT2D eigenvalue weighted by atomic mass is 9.47. The second kappa shape index (κ2) is 4.15. The number of ether oxygens (including phenoxy) is 3. The van der Waals surface area contributed by atoms with Crippen molar-refractivity contribution < 1.29 is 23.8 Å². The highest BCUT2D eigenvalue weighted by molar-refractivity contribution is 14.1. The van der Waals surface area contributed by atoms with Gasteiger partial charge in [-0.2, -0.15) is 0 Å². The Labute approximate surface area is 171 Å². The van der Waals surface area contributed by atoms with Gasteiger partial charge in [0.1, 0.15) is 18.5 Å². The first-order chi connectivity index (χ1) is 12.9. The first-order valence-electron chi connectivity index (χ1n) is 10.6. The van der Waals surface area contributed by atoms with Crippen molar-refractivity contribution in [3.63, 3.8) is 0 Å². The minimum absolute atomic E-state index is 0.0602. The van der Waals surface area contributed by atoms with E-state index in [1.54, 1.807) is 0 Å². The Morgan fingerprint density at radius 1 is 1.15 bits per heavy atom. The van der Waals surface area contributed by atoms with Gasteiger partial charge in [-0.25, -0.2) is 0 Å². The third-order valence-corrected chi connectivity index (χ3v) is 11.6. The fourth-order valence-electron chi connectivity index (χ4n) is 9.29. The molecule has 1 saturated heterocycles. The Balaban J connectivity index is 0.946. The fourth-order valence-corrected chi connectivity index (χ4v) is 10.7. The molecule has 6 heteroatoms. The molecule has 8 unspecified atom stereocenters. The maximum absolute atomic E-state index is 12.9. The summed E-state index contributed by atoms with van der Waals surface area (Å²) < 4.78 is 18.9.